The van der Waals surface area contributed by atoms with Crippen LogP contribution in [0, 0.1) is 0 Å². The molecule has 1 aromatic heterocycles. The summed E-state index contributed by atoms with van der Waals surface area (Å²) < 4.78 is 0. The van der Waals surface area contributed by atoms with Crippen LogP contribution in [0.5, 0.6) is 0 Å². The van der Waals surface area contributed by atoms with Crippen molar-refractivity contribution in [3.63, 3.8) is 0 Å². The molecule has 4 heteroatoms. The minimum absolute atomic E-state index is 0.160. The van der Waals surface area contributed by atoms with Crippen LogP contribution in [0.1, 0.15) is 34.0 Å². The van der Waals surface area contributed by atoms with Gasteiger partial charge in [-0.05, 0) is 36.1 Å². The molecular formula is C19H17N3O. The lowest BCUT2D eigenvalue weighted by molar-refractivity contribution is 0.0946. The number of nitrogens with zero attached hydrogens (tertiary/aromatic N) is 2. The van der Waals surface area contributed by atoms with Crippen LogP contribution in [-0.4, -0.2) is 22.4 Å². The number of rotatable bonds is 3. The molecule has 4 nitrogen and oxygen atoms in total. The lowest BCUT2D eigenvalue weighted by Gasteiger charge is -2.12. The molecular weight excluding hydrogens is 286 g/mol. The van der Waals surface area contributed by atoms with Crippen molar-refractivity contribution in [3.05, 3.63) is 71.5 Å². The van der Waals surface area contributed by atoms with Crippen molar-refractivity contribution < 1.29 is 4.79 Å². The van der Waals surface area contributed by atoms with Gasteiger partial charge in [-0.1, -0.05) is 36.4 Å². The van der Waals surface area contributed by atoms with E-state index < -0.39 is 0 Å². The molecule has 0 radical (unpaired) electrons. The van der Waals surface area contributed by atoms with Gasteiger partial charge < -0.3 is 5.32 Å². The Labute approximate surface area is 134 Å². The number of hydrogen-bond acceptors (Lipinski definition) is 3. The summed E-state index contributed by atoms with van der Waals surface area (Å²) in [4.78, 5) is 21.0. The fraction of sp³-hybridized carbons (Fsp3) is 0.211. The monoisotopic (exact) mass is 303 g/mol. The largest absolute Gasteiger partial charge is 0.350 e. The average Bonchev–Trinajstić information content (AvgIpc) is 3.02. The fourth-order valence-electron chi connectivity index (χ4n) is 3.23. The van der Waals surface area contributed by atoms with Gasteiger partial charge in [0.05, 0.1) is 17.2 Å². The predicted octanol–water partition coefficient (Wildman–Crippen LogP) is 3.09. The second-order valence-corrected chi connectivity index (χ2v) is 5.89. The van der Waals surface area contributed by atoms with Gasteiger partial charge in [-0.15, -0.1) is 0 Å². The molecule has 4 rings (SSSR count). The molecule has 1 amide bonds. The molecule has 0 aliphatic heterocycles. The molecule has 1 aliphatic rings. The molecule has 0 bridgehead atoms. The molecule has 1 atom stereocenters. The molecule has 23 heavy (non-hydrogen) atoms. The van der Waals surface area contributed by atoms with Gasteiger partial charge in [-0.2, -0.15) is 0 Å². The standard InChI is InChI=1S/C19H17N3O/c23-19(18-12-20-16-7-3-4-8-17(16)22-18)21-11-14-10-9-13-5-1-2-6-15(13)14/h1-8,12,14H,9-11H2,(H,21,23). The SMILES string of the molecule is O=C(NCC1CCc2ccccc21)c1cnc2ccccc2n1. The smallest absolute Gasteiger partial charge is 0.271 e. The molecule has 0 spiro atoms. The highest BCUT2D eigenvalue weighted by Gasteiger charge is 2.22. The first-order chi connectivity index (χ1) is 11.3. The first-order valence-corrected chi connectivity index (χ1v) is 7.89. The quantitative estimate of drug-likeness (QED) is 0.809. The Balaban J connectivity index is 1.47. The Bertz CT molecular complexity index is 875. The van der Waals surface area contributed by atoms with E-state index >= 15 is 0 Å². The minimum Gasteiger partial charge on any atom is -0.350 e. The van der Waals surface area contributed by atoms with Crippen LogP contribution in [0.2, 0.25) is 0 Å². The molecule has 1 N–H and O–H groups in total. The van der Waals surface area contributed by atoms with Crippen LogP contribution in [0.4, 0.5) is 0 Å². The van der Waals surface area contributed by atoms with Gasteiger partial charge in [-0.25, -0.2) is 4.98 Å². The van der Waals surface area contributed by atoms with Gasteiger partial charge in [0, 0.05) is 12.5 Å². The highest BCUT2D eigenvalue weighted by Crippen LogP contribution is 2.32. The van der Waals surface area contributed by atoms with Gasteiger partial charge >= 0.3 is 0 Å². The zero-order valence-electron chi connectivity index (χ0n) is 12.7. The Morgan fingerprint density at radius 3 is 2.78 bits per heavy atom. The third-order valence-electron chi connectivity index (χ3n) is 4.45. The number of carbonyl (C=O) groups is 1. The molecule has 1 unspecified atom stereocenters. The lowest BCUT2D eigenvalue weighted by Crippen LogP contribution is -2.28. The van der Waals surface area contributed by atoms with E-state index in [0.29, 0.717) is 18.2 Å². The maximum Gasteiger partial charge on any atom is 0.271 e. The van der Waals surface area contributed by atoms with E-state index in [9.17, 15) is 4.79 Å². The Kier molecular flexibility index (Phi) is 3.50. The van der Waals surface area contributed by atoms with Crippen LogP contribution in [0.3, 0.4) is 0 Å². The summed E-state index contributed by atoms with van der Waals surface area (Å²) in [6.45, 7) is 0.643. The third kappa shape index (κ3) is 2.68. The van der Waals surface area contributed by atoms with Crippen molar-refractivity contribution in [1.82, 2.24) is 15.3 Å². The molecule has 3 aromatic rings. The van der Waals surface area contributed by atoms with Crippen molar-refractivity contribution in [1.29, 1.82) is 0 Å². The predicted molar refractivity (Wildman–Crippen MR) is 89.4 cm³/mol. The second-order valence-electron chi connectivity index (χ2n) is 5.89. The van der Waals surface area contributed by atoms with Gasteiger partial charge in [0.15, 0.2) is 0 Å². The maximum absolute atomic E-state index is 12.3. The van der Waals surface area contributed by atoms with Crippen LogP contribution >= 0.6 is 0 Å². The lowest BCUT2D eigenvalue weighted by atomic mass is 10.0. The van der Waals surface area contributed by atoms with E-state index in [1.165, 1.54) is 11.1 Å². The van der Waals surface area contributed by atoms with E-state index in [1.807, 2.05) is 24.3 Å². The zero-order chi connectivity index (χ0) is 15.6. The number of hydrogen-bond donors (Lipinski definition) is 1. The summed E-state index contributed by atoms with van der Waals surface area (Å²) in [6.07, 6.45) is 3.72. The molecule has 1 aliphatic carbocycles. The van der Waals surface area contributed by atoms with Crippen molar-refractivity contribution in [2.75, 3.05) is 6.54 Å². The van der Waals surface area contributed by atoms with Crippen molar-refractivity contribution in [2.24, 2.45) is 0 Å². The van der Waals surface area contributed by atoms with Crippen LogP contribution < -0.4 is 5.32 Å². The molecule has 0 fully saturated rings. The summed E-state index contributed by atoms with van der Waals surface area (Å²) in [7, 11) is 0. The summed E-state index contributed by atoms with van der Waals surface area (Å²) >= 11 is 0. The first kappa shape index (κ1) is 13.9. The van der Waals surface area contributed by atoms with Gasteiger partial charge in [0.1, 0.15) is 5.69 Å². The number of aryl methyl sites for hydroxylation is 1. The molecule has 1 heterocycles. The van der Waals surface area contributed by atoms with E-state index in [1.54, 1.807) is 6.20 Å². The number of carbonyl (C=O) groups excluding carboxylic acids is 1. The van der Waals surface area contributed by atoms with Crippen molar-refractivity contribution in [2.45, 2.75) is 18.8 Å². The molecule has 0 saturated carbocycles. The van der Waals surface area contributed by atoms with Gasteiger partial charge in [0.25, 0.3) is 5.91 Å². The normalized spacial score (nSPS) is 16.3. The van der Waals surface area contributed by atoms with E-state index in [2.05, 4.69) is 39.6 Å². The Hall–Kier alpha value is -2.75. The number of benzene rings is 2. The Morgan fingerprint density at radius 2 is 1.87 bits per heavy atom. The van der Waals surface area contributed by atoms with Crippen molar-refractivity contribution >= 4 is 16.9 Å². The molecule has 2 aromatic carbocycles. The highest BCUT2D eigenvalue weighted by atomic mass is 16.1. The fourth-order valence-corrected chi connectivity index (χ4v) is 3.23. The number of nitrogens with one attached hydrogen (secondary N) is 1. The number of para-hydroxylation sites is 2. The van der Waals surface area contributed by atoms with Gasteiger partial charge in [-0.3, -0.25) is 9.78 Å². The van der Waals surface area contributed by atoms with Gasteiger partial charge in [0.2, 0.25) is 0 Å². The molecule has 114 valence electrons. The minimum atomic E-state index is -0.160. The average molecular weight is 303 g/mol. The van der Waals surface area contributed by atoms with Crippen LogP contribution in [0.25, 0.3) is 11.0 Å². The topological polar surface area (TPSA) is 54.9 Å². The second kappa shape index (κ2) is 5.80. The summed E-state index contributed by atoms with van der Waals surface area (Å²) in [5.74, 6) is 0.233. The van der Waals surface area contributed by atoms with Crippen LogP contribution in [0.15, 0.2) is 54.7 Å². The van der Waals surface area contributed by atoms with E-state index in [-0.39, 0.29) is 5.91 Å². The number of aromatic nitrogens is 2. The maximum atomic E-state index is 12.3. The molecule has 0 saturated heterocycles. The van der Waals surface area contributed by atoms with Crippen molar-refractivity contribution in [3.8, 4) is 0 Å². The Morgan fingerprint density at radius 1 is 1.09 bits per heavy atom. The first-order valence-electron chi connectivity index (χ1n) is 7.89. The van der Waals surface area contributed by atoms with Crippen LogP contribution in [-0.2, 0) is 6.42 Å². The highest BCUT2D eigenvalue weighted by molar-refractivity contribution is 5.93. The number of amides is 1. The third-order valence-corrected chi connectivity index (χ3v) is 4.45. The summed E-state index contributed by atoms with van der Waals surface area (Å²) in [6, 6.07) is 16.0. The number of fused-ring (bicyclic) bond motifs is 2. The summed E-state index contributed by atoms with van der Waals surface area (Å²) in [5, 5.41) is 3.01. The van der Waals surface area contributed by atoms with E-state index in [4.69, 9.17) is 0 Å². The van der Waals surface area contributed by atoms with E-state index in [0.717, 1.165) is 23.9 Å². The zero-order valence-corrected chi connectivity index (χ0v) is 12.7. The summed E-state index contributed by atoms with van der Waals surface area (Å²) in [5.41, 5.74) is 4.67.